The maximum absolute atomic E-state index is 11.6. The molecule has 31 heavy (non-hydrogen) atoms. The number of aromatic hydroxyl groups is 1. The van der Waals surface area contributed by atoms with Gasteiger partial charge in [-0.1, -0.05) is 13.8 Å². The van der Waals surface area contributed by atoms with E-state index in [0.717, 1.165) is 30.8 Å². The Kier molecular flexibility index (Phi) is 8.13. The van der Waals surface area contributed by atoms with Crippen molar-refractivity contribution in [3.63, 3.8) is 0 Å². The molecule has 0 saturated carbocycles. The zero-order valence-electron chi connectivity index (χ0n) is 17.4. The molecule has 0 atom stereocenters. The van der Waals surface area contributed by atoms with E-state index in [4.69, 9.17) is 9.47 Å². The molecule has 0 aliphatic rings. The van der Waals surface area contributed by atoms with Crippen molar-refractivity contribution in [3.8, 4) is 17.2 Å². The van der Waals surface area contributed by atoms with Gasteiger partial charge in [0, 0.05) is 17.4 Å². The van der Waals surface area contributed by atoms with Gasteiger partial charge in [-0.05, 0) is 80.6 Å². The highest BCUT2D eigenvalue weighted by Gasteiger charge is 2.15. The number of ether oxygens (including phenoxy) is 2. The van der Waals surface area contributed by atoms with Crippen LogP contribution in [-0.4, -0.2) is 22.7 Å². The first-order chi connectivity index (χ1) is 14.8. The fraction of sp³-hybridized carbons (Fsp3) is 0.304. The van der Waals surface area contributed by atoms with Crippen LogP contribution in [-0.2, 0) is 22.4 Å². The summed E-state index contributed by atoms with van der Waals surface area (Å²) in [5.41, 5.74) is 2.62. The number of carbonyl (C=O) groups excluding carboxylic acids is 1. The molecule has 0 unspecified atom stereocenters. The van der Waals surface area contributed by atoms with Gasteiger partial charge in [0.1, 0.15) is 11.5 Å². The Morgan fingerprint density at radius 2 is 1.90 bits per heavy atom. The van der Waals surface area contributed by atoms with Crippen molar-refractivity contribution in [1.82, 2.24) is 4.98 Å². The van der Waals surface area contributed by atoms with Gasteiger partial charge in [-0.2, -0.15) is 0 Å². The summed E-state index contributed by atoms with van der Waals surface area (Å²) in [6.07, 6.45) is 0.831. The maximum atomic E-state index is 11.6. The Bertz CT molecular complexity index is 1060. The van der Waals surface area contributed by atoms with Gasteiger partial charge in [0.05, 0.1) is 32.7 Å². The van der Waals surface area contributed by atoms with E-state index >= 15 is 0 Å². The average molecular weight is 569 g/mol. The molecule has 1 N–H and O–H groups in total. The summed E-state index contributed by atoms with van der Waals surface area (Å²) in [6, 6.07) is 9.24. The first-order valence-electron chi connectivity index (χ1n) is 9.84. The number of carbonyl (C=O) groups is 1. The van der Waals surface area contributed by atoms with Gasteiger partial charge in [0.2, 0.25) is 0 Å². The number of phenolic OH excluding ortho intramolecular Hbond substituents is 1. The number of hydrogen-bond donors (Lipinski definition) is 1. The number of phenols is 1. The van der Waals surface area contributed by atoms with Gasteiger partial charge in [-0.15, -0.1) is 11.3 Å². The van der Waals surface area contributed by atoms with Crippen LogP contribution in [0.3, 0.4) is 0 Å². The molecule has 3 rings (SSSR count). The Labute approximate surface area is 202 Å². The first-order valence-corrected chi connectivity index (χ1v) is 12.3. The van der Waals surface area contributed by atoms with E-state index in [-0.39, 0.29) is 24.1 Å². The van der Waals surface area contributed by atoms with Crippen molar-refractivity contribution in [2.45, 2.75) is 39.5 Å². The standard InChI is InChI=1S/C23H23Br2NO4S/c1-4-29-22(28)10-15-12-31-21(26-15)9-14-7-18(24)23(19(25)8-14)30-16-5-6-20(27)17(11-16)13(2)3/h5-8,11-13,27H,4,9-10H2,1-3H3. The fourth-order valence-corrected chi connectivity index (χ4v) is 5.31. The van der Waals surface area contributed by atoms with E-state index in [9.17, 15) is 9.90 Å². The number of aromatic nitrogens is 1. The largest absolute Gasteiger partial charge is 0.508 e. The zero-order chi connectivity index (χ0) is 22.5. The van der Waals surface area contributed by atoms with Crippen LogP contribution in [0.2, 0.25) is 0 Å². The highest BCUT2D eigenvalue weighted by molar-refractivity contribution is 9.11. The molecule has 0 radical (unpaired) electrons. The summed E-state index contributed by atoms with van der Waals surface area (Å²) in [5, 5.41) is 12.8. The van der Waals surface area contributed by atoms with Crippen LogP contribution in [0.15, 0.2) is 44.7 Å². The summed E-state index contributed by atoms with van der Waals surface area (Å²) in [5.74, 6) is 1.50. The third kappa shape index (κ3) is 6.30. The van der Waals surface area contributed by atoms with E-state index in [1.54, 1.807) is 19.1 Å². The maximum Gasteiger partial charge on any atom is 0.311 e. The molecule has 0 saturated heterocycles. The molecule has 0 aliphatic carbocycles. The Balaban J connectivity index is 1.75. The van der Waals surface area contributed by atoms with Crippen LogP contribution in [0, 0.1) is 0 Å². The molecule has 0 amide bonds. The number of rotatable bonds is 8. The average Bonchev–Trinajstić information content (AvgIpc) is 3.12. The third-order valence-electron chi connectivity index (χ3n) is 4.48. The Hall–Kier alpha value is -1.90. The minimum Gasteiger partial charge on any atom is -0.508 e. The number of hydrogen-bond acceptors (Lipinski definition) is 6. The van der Waals surface area contributed by atoms with Gasteiger partial charge in [-0.3, -0.25) is 4.79 Å². The molecule has 5 nitrogen and oxygen atoms in total. The summed E-state index contributed by atoms with van der Waals surface area (Å²) in [4.78, 5) is 16.2. The highest BCUT2D eigenvalue weighted by atomic mass is 79.9. The molecule has 164 valence electrons. The van der Waals surface area contributed by atoms with Crippen molar-refractivity contribution < 1.29 is 19.4 Å². The molecule has 8 heteroatoms. The van der Waals surface area contributed by atoms with Crippen molar-refractivity contribution in [2.75, 3.05) is 6.61 Å². The van der Waals surface area contributed by atoms with E-state index in [1.165, 1.54) is 11.3 Å². The van der Waals surface area contributed by atoms with Crippen LogP contribution in [0.1, 0.15) is 48.5 Å². The second kappa shape index (κ2) is 10.6. The Morgan fingerprint density at radius 3 is 2.55 bits per heavy atom. The van der Waals surface area contributed by atoms with Crippen molar-refractivity contribution in [1.29, 1.82) is 0 Å². The molecule has 3 aromatic rings. The summed E-state index contributed by atoms with van der Waals surface area (Å²) >= 11 is 8.73. The minimum atomic E-state index is -0.263. The lowest BCUT2D eigenvalue weighted by Crippen LogP contribution is -2.07. The van der Waals surface area contributed by atoms with E-state index in [1.807, 2.05) is 37.4 Å². The van der Waals surface area contributed by atoms with Gasteiger partial charge in [0.25, 0.3) is 0 Å². The zero-order valence-corrected chi connectivity index (χ0v) is 21.4. The second-order valence-corrected chi connectivity index (χ2v) is 9.91. The van der Waals surface area contributed by atoms with Crippen molar-refractivity contribution >= 4 is 49.2 Å². The fourth-order valence-electron chi connectivity index (χ4n) is 3.03. The van der Waals surface area contributed by atoms with Gasteiger partial charge >= 0.3 is 5.97 Å². The quantitative estimate of drug-likeness (QED) is 0.297. The van der Waals surface area contributed by atoms with Crippen LogP contribution in [0.5, 0.6) is 17.2 Å². The third-order valence-corrected chi connectivity index (χ3v) is 6.56. The monoisotopic (exact) mass is 567 g/mol. The molecule has 0 spiro atoms. The molecule has 0 bridgehead atoms. The van der Waals surface area contributed by atoms with E-state index in [2.05, 4.69) is 36.8 Å². The van der Waals surface area contributed by atoms with Gasteiger partial charge < -0.3 is 14.6 Å². The second-order valence-electron chi connectivity index (χ2n) is 7.26. The Morgan fingerprint density at radius 1 is 1.19 bits per heavy atom. The van der Waals surface area contributed by atoms with E-state index < -0.39 is 0 Å². The molecular weight excluding hydrogens is 546 g/mol. The minimum absolute atomic E-state index is 0.185. The smallest absolute Gasteiger partial charge is 0.311 e. The lowest BCUT2D eigenvalue weighted by atomic mass is 10.0. The van der Waals surface area contributed by atoms with Gasteiger partial charge in [0.15, 0.2) is 5.75 Å². The molecule has 1 aromatic heterocycles. The summed E-state index contributed by atoms with van der Waals surface area (Å²) in [6.45, 7) is 6.21. The number of esters is 1. The summed E-state index contributed by atoms with van der Waals surface area (Å²) in [7, 11) is 0. The number of thiazole rings is 1. The molecule has 2 aromatic carbocycles. The number of benzene rings is 2. The van der Waals surface area contributed by atoms with E-state index in [0.29, 0.717) is 24.5 Å². The van der Waals surface area contributed by atoms with Crippen LogP contribution >= 0.6 is 43.2 Å². The summed E-state index contributed by atoms with van der Waals surface area (Å²) < 4.78 is 12.7. The molecule has 1 heterocycles. The lowest BCUT2D eigenvalue weighted by Gasteiger charge is -2.14. The SMILES string of the molecule is CCOC(=O)Cc1csc(Cc2cc(Br)c(Oc3ccc(O)c(C(C)C)c3)c(Br)c2)n1. The van der Waals surface area contributed by atoms with Gasteiger partial charge in [-0.25, -0.2) is 4.98 Å². The topological polar surface area (TPSA) is 68.7 Å². The predicted molar refractivity (Wildman–Crippen MR) is 129 cm³/mol. The van der Waals surface area contributed by atoms with Crippen LogP contribution in [0.4, 0.5) is 0 Å². The normalized spacial score (nSPS) is 11.0. The number of halogens is 2. The number of nitrogens with zero attached hydrogens (tertiary/aromatic N) is 1. The lowest BCUT2D eigenvalue weighted by molar-refractivity contribution is -0.142. The first kappa shape index (κ1) is 23.8. The molecule has 0 fully saturated rings. The highest BCUT2D eigenvalue weighted by Crippen LogP contribution is 2.40. The predicted octanol–water partition coefficient (Wildman–Crippen LogP) is 6.99. The van der Waals surface area contributed by atoms with Crippen molar-refractivity contribution in [3.05, 3.63) is 66.5 Å². The van der Waals surface area contributed by atoms with Crippen LogP contribution in [0.25, 0.3) is 0 Å². The molecular formula is C23H23Br2NO4S. The molecule has 0 aliphatic heterocycles. The van der Waals surface area contributed by atoms with Crippen molar-refractivity contribution in [2.24, 2.45) is 0 Å². The van der Waals surface area contributed by atoms with Crippen LogP contribution < -0.4 is 4.74 Å².